The second-order valence-electron chi connectivity index (χ2n) is 6.51. The van der Waals surface area contributed by atoms with Gasteiger partial charge >= 0.3 is 0 Å². The van der Waals surface area contributed by atoms with E-state index in [1.807, 2.05) is 38.1 Å². The third kappa shape index (κ3) is 4.78. The highest BCUT2D eigenvalue weighted by Crippen LogP contribution is 2.19. The van der Waals surface area contributed by atoms with Crippen molar-refractivity contribution in [3.05, 3.63) is 89.5 Å². The van der Waals surface area contributed by atoms with E-state index >= 15 is 0 Å². The first-order valence-electron chi connectivity index (χ1n) is 8.97. The van der Waals surface area contributed by atoms with Crippen LogP contribution in [0.15, 0.2) is 77.7 Å². The van der Waals surface area contributed by atoms with Crippen LogP contribution in [0, 0.1) is 6.92 Å². The molecule has 0 heterocycles. The first-order chi connectivity index (χ1) is 13.4. The Morgan fingerprint density at radius 2 is 1.57 bits per heavy atom. The Labute approximate surface area is 165 Å². The van der Waals surface area contributed by atoms with Crippen molar-refractivity contribution in [2.24, 2.45) is 0 Å². The van der Waals surface area contributed by atoms with Gasteiger partial charge in [0.1, 0.15) is 0 Å². The highest BCUT2D eigenvalue weighted by molar-refractivity contribution is 7.92. The molecular formula is C22H22N2O3S. The summed E-state index contributed by atoms with van der Waals surface area (Å²) in [6.45, 7) is 3.94. The molecule has 1 amide bonds. The summed E-state index contributed by atoms with van der Waals surface area (Å²) in [4.78, 5) is 12.7. The molecule has 0 spiro atoms. The molecule has 0 aliphatic carbocycles. The molecule has 0 aliphatic heterocycles. The average molecular weight is 394 g/mol. The predicted octanol–water partition coefficient (Wildman–Crippen LogP) is 4.61. The molecule has 0 unspecified atom stereocenters. The van der Waals surface area contributed by atoms with Gasteiger partial charge in [-0.05, 0) is 61.4 Å². The molecule has 144 valence electrons. The van der Waals surface area contributed by atoms with E-state index in [0.717, 1.165) is 17.5 Å². The minimum absolute atomic E-state index is 0.171. The minimum Gasteiger partial charge on any atom is -0.322 e. The summed E-state index contributed by atoms with van der Waals surface area (Å²) in [5.41, 5.74) is 3.50. The van der Waals surface area contributed by atoms with Gasteiger partial charge in [0, 0.05) is 16.9 Å². The lowest BCUT2D eigenvalue weighted by Gasteiger charge is -2.11. The highest BCUT2D eigenvalue weighted by Gasteiger charge is 2.15. The van der Waals surface area contributed by atoms with Gasteiger partial charge in [0.2, 0.25) is 0 Å². The van der Waals surface area contributed by atoms with E-state index in [9.17, 15) is 13.2 Å². The van der Waals surface area contributed by atoms with Crippen molar-refractivity contribution in [1.82, 2.24) is 0 Å². The molecule has 0 atom stereocenters. The zero-order valence-corrected chi connectivity index (χ0v) is 16.6. The molecule has 6 heteroatoms. The van der Waals surface area contributed by atoms with Crippen LogP contribution in [-0.2, 0) is 16.4 Å². The fraction of sp³-hybridized carbons (Fsp3) is 0.136. The standard InChI is InChI=1S/C22H22N2O3S/c1-3-17-6-4-8-19(14-17)23-22(25)18-7-5-9-20(15-18)24-28(26,27)21-12-10-16(2)11-13-21/h4-15,24H,3H2,1-2H3,(H,23,25). The van der Waals surface area contributed by atoms with Gasteiger partial charge in [-0.15, -0.1) is 0 Å². The number of amides is 1. The van der Waals surface area contributed by atoms with Crippen LogP contribution in [-0.4, -0.2) is 14.3 Å². The molecule has 0 radical (unpaired) electrons. The maximum Gasteiger partial charge on any atom is 0.261 e. The van der Waals surface area contributed by atoms with Crippen LogP contribution in [0.25, 0.3) is 0 Å². The minimum atomic E-state index is -3.72. The van der Waals surface area contributed by atoms with Crippen molar-refractivity contribution >= 4 is 27.3 Å². The van der Waals surface area contributed by atoms with Crippen LogP contribution in [0.5, 0.6) is 0 Å². The molecule has 5 nitrogen and oxygen atoms in total. The first kappa shape index (κ1) is 19.6. The summed E-state index contributed by atoms with van der Waals surface area (Å²) in [7, 11) is -3.72. The molecule has 3 aromatic carbocycles. The van der Waals surface area contributed by atoms with Gasteiger partial charge in [-0.1, -0.05) is 42.8 Å². The number of hydrogen-bond acceptors (Lipinski definition) is 3. The Morgan fingerprint density at radius 3 is 2.29 bits per heavy atom. The van der Waals surface area contributed by atoms with Crippen LogP contribution in [0.2, 0.25) is 0 Å². The van der Waals surface area contributed by atoms with E-state index < -0.39 is 10.0 Å². The van der Waals surface area contributed by atoms with Crippen LogP contribution >= 0.6 is 0 Å². The summed E-state index contributed by atoms with van der Waals surface area (Å²) < 4.78 is 27.6. The molecule has 0 aromatic heterocycles. The van der Waals surface area contributed by atoms with Crippen LogP contribution in [0.4, 0.5) is 11.4 Å². The molecular weight excluding hydrogens is 372 g/mol. The molecule has 3 aromatic rings. The van der Waals surface area contributed by atoms with Gasteiger partial charge in [0.25, 0.3) is 15.9 Å². The summed E-state index contributed by atoms with van der Waals surface area (Å²) in [6.07, 6.45) is 0.875. The van der Waals surface area contributed by atoms with Crippen molar-refractivity contribution in [2.45, 2.75) is 25.2 Å². The van der Waals surface area contributed by atoms with Crippen LogP contribution in [0.3, 0.4) is 0 Å². The number of hydrogen-bond donors (Lipinski definition) is 2. The van der Waals surface area contributed by atoms with E-state index in [1.54, 1.807) is 42.5 Å². The third-order valence-electron chi connectivity index (χ3n) is 4.30. The Kier molecular flexibility index (Phi) is 5.80. The number of aryl methyl sites for hydroxylation is 2. The van der Waals surface area contributed by atoms with Crippen molar-refractivity contribution in [3.63, 3.8) is 0 Å². The van der Waals surface area contributed by atoms with Crippen molar-refractivity contribution in [3.8, 4) is 0 Å². The molecule has 0 aliphatic rings. The first-order valence-corrected chi connectivity index (χ1v) is 10.5. The van der Waals surface area contributed by atoms with E-state index in [0.29, 0.717) is 16.9 Å². The summed E-state index contributed by atoms with van der Waals surface area (Å²) >= 11 is 0. The molecule has 2 N–H and O–H groups in total. The van der Waals surface area contributed by atoms with Gasteiger partial charge < -0.3 is 5.32 Å². The largest absolute Gasteiger partial charge is 0.322 e. The number of rotatable bonds is 6. The summed E-state index contributed by atoms with van der Waals surface area (Å²) in [6, 6.07) is 20.6. The van der Waals surface area contributed by atoms with Gasteiger partial charge in [0.05, 0.1) is 4.90 Å². The molecule has 0 saturated heterocycles. The Morgan fingerprint density at radius 1 is 0.893 bits per heavy atom. The quantitative estimate of drug-likeness (QED) is 0.641. The van der Waals surface area contributed by atoms with Crippen LogP contribution < -0.4 is 10.0 Å². The Hall–Kier alpha value is -3.12. The van der Waals surface area contributed by atoms with E-state index in [1.165, 1.54) is 6.07 Å². The zero-order valence-electron chi connectivity index (χ0n) is 15.8. The Bertz CT molecular complexity index is 1090. The van der Waals surface area contributed by atoms with E-state index in [2.05, 4.69) is 10.0 Å². The predicted molar refractivity (Wildman–Crippen MR) is 112 cm³/mol. The lowest BCUT2D eigenvalue weighted by Crippen LogP contribution is -2.15. The number of anilines is 2. The van der Waals surface area contributed by atoms with Gasteiger partial charge in [-0.25, -0.2) is 8.42 Å². The number of benzene rings is 3. The zero-order chi connectivity index (χ0) is 20.1. The summed E-state index contributed by atoms with van der Waals surface area (Å²) in [5, 5.41) is 2.84. The second kappa shape index (κ2) is 8.27. The van der Waals surface area contributed by atoms with Gasteiger partial charge in [-0.3, -0.25) is 9.52 Å². The van der Waals surface area contributed by atoms with Crippen molar-refractivity contribution in [2.75, 3.05) is 10.0 Å². The molecule has 0 bridgehead atoms. The van der Waals surface area contributed by atoms with Crippen LogP contribution in [0.1, 0.15) is 28.4 Å². The third-order valence-corrected chi connectivity index (χ3v) is 5.70. The average Bonchev–Trinajstić information content (AvgIpc) is 2.68. The van der Waals surface area contributed by atoms with Gasteiger partial charge in [-0.2, -0.15) is 0 Å². The number of sulfonamides is 1. The topological polar surface area (TPSA) is 75.3 Å². The molecule has 0 fully saturated rings. The second-order valence-corrected chi connectivity index (χ2v) is 8.19. The number of nitrogens with one attached hydrogen (secondary N) is 2. The SMILES string of the molecule is CCc1cccc(NC(=O)c2cccc(NS(=O)(=O)c3ccc(C)cc3)c2)c1. The molecule has 0 saturated carbocycles. The maximum atomic E-state index is 12.6. The lowest BCUT2D eigenvalue weighted by molar-refractivity contribution is 0.102. The monoisotopic (exact) mass is 394 g/mol. The fourth-order valence-corrected chi connectivity index (χ4v) is 3.78. The van der Waals surface area contributed by atoms with E-state index in [-0.39, 0.29) is 10.8 Å². The molecule has 28 heavy (non-hydrogen) atoms. The van der Waals surface area contributed by atoms with Gasteiger partial charge in [0.15, 0.2) is 0 Å². The number of carbonyl (C=O) groups excluding carboxylic acids is 1. The lowest BCUT2D eigenvalue weighted by atomic mass is 10.1. The summed E-state index contributed by atoms with van der Waals surface area (Å²) in [5.74, 6) is -0.301. The smallest absolute Gasteiger partial charge is 0.261 e. The van der Waals surface area contributed by atoms with E-state index in [4.69, 9.17) is 0 Å². The maximum absolute atomic E-state index is 12.6. The Balaban J connectivity index is 1.77. The fourth-order valence-electron chi connectivity index (χ4n) is 2.73. The van der Waals surface area contributed by atoms with Crippen molar-refractivity contribution < 1.29 is 13.2 Å². The van der Waals surface area contributed by atoms with Crippen molar-refractivity contribution in [1.29, 1.82) is 0 Å². The normalized spacial score (nSPS) is 11.1. The number of carbonyl (C=O) groups is 1. The highest BCUT2D eigenvalue weighted by atomic mass is 32.2. The molecule has 3 rings (SSSR count).